The van der Waals surface area contributed by atoms with Crippen molar-refractivity contribution in [3.05, 3.63) is 65.6 Å². The lowest BCUT2D eigenvalue weighted by Crippen LogP contribution is -2.28. The van der Waals surface area contributed by atoms with Gasteiger partial charge in [-0.05, 0) is 36.2 Å². The SMILES string of the molecule is O=C(c1cc(-c2ccnnc2)n[nH]1)N1CC[C@@H](c2ccc(F)c(F)c2)C1. The third-order valence-electron chi connectivity index (χ3n) is 4.58. The molecule has 1 aliphatic rings. The molecule has 3 aromatic rings. The molecule has 1 aromatic carbocycles. The number of hydrogen-bond acceptors (Lipinski definition) is 4. The first-order valence-corrected chi connectivity index (χ1v) is 8.18. The van der Waals surface area contributed by atoms with E-state index < -0.39 is 11.6 Å². The van der Waals surface area contributed by atoms with Crippen molar-refractivity contribution in [2.75, 3.05) is 13.1 Å². The lowest BCUT2D eigenvalue weighted by atomic mass is 9.98. The largest absolute Gasteiger partial charge is 0.337 e. The van der Waals surface area contributed by atoms with E-state index in [0.717, 1.165) is 11.6 Å². The van der Waals surface area contributed by atoms with Crippen LogP contribution >= 0.6 is 0 Å². The second-order valence-electron chi connectivity index (χ2n) is 6.21. The first kappa shape index (κ1) is 16.3. The van der Waals surface area contributed by atoms with Crippen molar-refractivity contribution in [2.24, 2.45) is 0 Å². The highest BCUT2D eigenvalue weighted by Gasteiger charge is 2.29. The quantitative estimate of drug-likeness (QED) is 0.784. The molecule has 0 radical (unpaired) electrons. The maximum absolute atomic E-state index is 13.4. The number of amides is 1. The Balaban J connectivity index is 1.48. The zero-order valence-electron chi connectivity index (χ0n) is 13.7. The van der Waals surface area contributed by atoms with Gasteiger partial charge in [-0.25, -0.2) is 8.78 Å². The van der Waals surface area contributed by atoms with Crippen LogP contribution in [0.1, 0.15) is 28.4 Å². The van der Waals surface area contributed by atoms with Gasteiger partial charge in [0.2, 0.25) is 0 Å². The topological polar surface area (TPSA) is 74.8 Å². The lowest BCUT2D eigenvalue weighted by molar-refractivity contribution is 0.0785. The Hall–Kier alpha value is -3.16. The molecule has 3 heterocycles. The molecular formula is C18H15F2N5O. The Morgan fingerprint density at radius 3 is 2.81 bits per heavy atom. The van der Waals surface area contributed by atoms with Gasteiger partial charge in [-0.3, -0.25) is 9.89 Å². The molecule has 6 nitrogen and oxygen atoms in total. The number of halogens is 2. The molecule has 1 atom stereocenters. The van der Waals surface area contributed by atoms with Gasteiger partial charge in [0.15, 0.2) is 11.6 Å². The van der Waals surface area contributed by atoms with E-state index >= 15 is 0 Å². The van der Waals surface area contributed by atoms with Gasteiger partial charge in [-0.1, -0.05) is 6.07 Å². The molecule has 1 aliphatic heterocycles. The molecule has 0 saturated carbocycles. The van der Waals surface area contributed by atoms with Gasteiger partial charge < -0.3 is 4.90 Å². The van der Waals surface area contributed by atoms with Crippen molar-refractivity contribution in [3.8, 4) is 11.3 Å². The molecule has 1 fully saturated rings. The third-order valence-corrected chi connectivity index (χ3v) is 4.58. The smallest absolute Gasteiger partial charge is 0.271 e. The third kappa shape index (κ3) is 3.05. The zero-order valence-corrected chi connectivity index (χ0v) is 13.7. The van der Waals surface area contributed by atoms with E-state index in [-0.39, 0.29) is 11.8 Å². The van der Waals surface area contributed by atoms with Gasteiger partial charge in [0.05, 0.1) is 18.1 Å². The summed E-state index contributed by atoms with van der Waals surface area (Å²) in [6, 6.07) is 7.33. The number of aromatic nitrogens is 4. The van der Waals surface area contributed by atoms with E-state index in [0.29, 0.717) is 36.5 Å². The number of nitrogens with zero attached hydrogens (tertiary/aromatic N) is 4. The van der Waals surface area contributed by atoms with Crippen LogP contribution in [-0.4, -0.2) is 44.3 Å². The minimum absolute atomic E-state index is 0.0131. The summed E-state index contributed by atoms with van der Waals surface area (Å²) in [5, 5.41) is 14.4. The Morgan fingerprint density at radius 1 is 1.15 bits per heavy atom. The summed E-state index contributed by atoms with van der Waals surface area (Å²) >= 11 is 0. The van der Waals surface area contributed by atoms with Crippen LogP contribution in [-0.2, 0) is 0 Å². The number of aromatic amines is 1. The Morgan fingerprint density at radius 2 is 2.04 bits per heavy atom. The van der Waals surface area contributed by atoms with Gasteiger partial charge in [0.1, 0.15) is 5.69 Å². The van der Waals surface area contributed by atoms with Crippen LogP contribution in [0.15, 0.2) is 42.7 Å². The van der Waals surface area contributed by atoms with Gasteiger partial charge in [0, 0.05) is 24.6 Å². The second-order valence-corrected chi connectivity index (χ2v) is 6.21. The average molecular weight is 355 g/mol. The summed E-state index contributed by atoms with van der Waals surface area (Å²) in [6.07, 6.45) is 3.82. The second kappa shape index (κ2) is 6.62. The molecule has 0 aliphatic carbocycles. The van der Waals surface area contributed by atoms with Crippen molar-refractivity contribution in [2.45, 2.75) is 12.3 Å². The van der Waals surface area contributed by atoms with Crippen LogP contribution in [0.25, 0.3) is 11.3 Å². The molecule has 1 saturated heterocycles. The molecule has 26 heavy (non-hydrogen) atoms. The number of carbonyl (C=O) groups is 1. The summed E-state index contributed by atoms with van der Waals surface area (Å²) in [4.78, 5) is 14.4. The van der Waals surface area contributed by atoms with Crippen molar-refractivity contribution in [3.63, 3.8) is 0 Å². The highest BCUT2D eigenvalue weighted by Crippen LogP contribution is 2.29. The van der Waals surface area contributed by atoms with Crippen molar-refractivity contribution in [1.29, 1.82) is 0 Å². The van der Waals surface area contributed by atoms with Gasteiger partial charge in [-0.2, -0.15) is 15.3 Å². The molecule has 0 spiro atoms. The summed E-state index contributed by atoms with van der Waals surface area (Å²) in [7, 11) is 0. The van der Waals surface area contributed by atoms with E-state index in [1.54, 1.807) is 35.5 Å². The van der Waals surface area contributed by atoms with E-state index in [2.05, 4.69) is 20.4 Å². The lowest BCUT2D eigenvalue weighted by Gasteiger charge is -2.15. The fourth-order valence-corrected chi connectivity index (χ4v) is 3.17. The van der Waals surface area contributed by atoms with Crippen LogP contribution in [0.5, 0.6) is 0 Å². The molecule has 4 rings (SSSR count). The highest BCUT2D eigenvalue weighted by molar-refractivity contribution is 5.93. The van der Waals surface area contributed by atoms with Crippen LogP contribution in [0.3, 0.4) is 0 Å². The number of rotatable bonds is 3. The van der Waals surface area contributed by atoms with Crippen LogP contribution in [0, 0.1) is 11.6 Å². The van der Waals surface area contributed by atoms with Crippen molar-refractivity contribution in [1.82, 2.24) is 25.3 Å². The molecule has 0 bridgehead atoms. The molecule has 132 valence electrons. The first-order chi connectivity index (χ1) is 12.6. The summed E-state index contributed by atoms with van der Waals surface area (Å²) < 4.78 is 26.5. The fraction of sp³-hybridized carbons (Fsp3) is 0.222. The molecule has 1 amide bonds. The average Bonchev–Trinajstić information content (AvgIpc) is 3.34. The molecular weight excluding hydrogens is 340 g/mol. The molecule has 8 heteroatoms. The number of H-pyrrole nitrogens is 1. The van der Waals surface area contributed by atoms with Crippen molar-refractivity contribution >= 4 is 5.91 Å². The van der Waals surface area contributed by atoms with Gasteiger partial charge in [0.25, 0.3) is 5.91 Å². The van der Waals surface area contributed by atoms with E-state index in [1.165, 1.54) is 6.07 Å². The molecule has 2 aromatic heterocycles. The molecule has 1 N–H and O–H groups in total. The van der Waals surface area contributed by atoms with Crippen LogP contribution < -0.4 is 0 Å². The minimum Gasteiger partial charge on any atom is -0.337 e. The Bertz CT molecular complexity index is 944. The number of likely N-dealkylation sites (tertiary alicyclic amines) is 1. The zero-order chi connectivity index (χ0) is 18.1. The number of nitrogens with one attached hydrogen (secondary N) is 1. The van der Waals surface area contributed by atoms with Gasteiger partial charge >= 0.3 is 0 Å². The standard InChI is InChI=1S/C18H15F2N5O/c19-14-2-1-11(7-15(14)20)13-4-6-25(10-13)18(26)17-8-16(23-24-17)12-3-5-21-22-9-12/h1-3,5,7-9,13H,4,6,10H2,(H,23,24)/t13-/m1/s1. The summed E-state index contributed by atoms with van der Waals surface area (Å²) in [5.74, 6) is -1.91. The highest BCUT2D eigenvalue weighted by atomic mass is 19.2. The monoisotopic (exact) mass is 355 g/mol. The van der Waals surface area contributed by atoms with E-state index in [4.69, 9.17) is 0 Å². The maximum Gasteiger partial charge on any atom is 0.271 e. The first-order valence-electron chi connectivity index (χ1n) is 8.18. The fourth-order valence-electron chi connectivity index (χ4n) is 3.17. The Labute approximate surface area is 147 Å². The number of benzene rings is 1. The van der Waals surface area contributed by atoms with Crippen LogP contribution in [0.2, 0.25) is 0 Å². The number of carbonyl (C=O) groups excluding carboxylic acids is 1. The number of hydrogen-bond donors (Lipinski definition) is 1. The molecule has 0 unspecified atom stereocenters. The minimum atomic E-state index is -0.865. The predicted molar refractivity (Wildman–Crippen MR) is 89.2 cm³/mol. The maximum atomic E-state index is 13.4. The summed E-state index contributed by atoms with van der Waals surface area (Å²) in [5.41, 5.74) is 2.45. The van der Waals surface area contributed by atoms with E-state index in [9.17, 15) is 13.6 Å². The van der Waals surface area contributed by atoms with Gasteiger partial charge in [-0.15, -0.1) is 0 Å². The normalized spacial score (nSPS) is 16.8. The van der Waals surface area contributed by atoms with E-state index in [1.807, 2.05) is 0 Å². The van der Waals surface area contributed by atoms with Crippen molar-refractivity contribution < 1.29 is 13.6 Å². The predicted octanol–water partition coefficient (Wildman–Crippen LogP) is 2.77. The van der Waals surface area contributed by atoms with Crippen LogP contribution in [0.4, 0.5) is 8.78 Å². The Kier molecular flexibility index (Phi) is 4.16. The summed E-state index contributed by atoms with van der Waals surface area (Å²) in [6.45, 7) is 1.00.